The Kier molecular flexibility index (Phi) is 4.37. The van der Waals surface area contributed by atoms with Crippen molar-refractivity contribution in [2.45, 2.75) is 0 Å². The van der Waals surface area contributed by atoms with Crippen LogP contribution in [0.1, 0.15) is 10.6 Å². The van der Waals surface area contributed by atoms with Gasteiger partial charge in [-0.2, -0.15) is 0 Å². The van der Waals surface area contributed by atoms with E-state index in [0.717, 1.165) is 5.39 Å². The van der Waals surface area contributed by atoms with Crippen molar-refractivity contribution in [3.63, 3.8) is 0 Å². The van der Waals surface area contributed by atoms with E-state index in [1.165, 1.54) is 0 Å². The first-order chi connectivity index (χ1) is 12.6. The van der Waals surface area contributed by atoms with Crippen LogP contribution in [0.25, 0.3) is 22.2 Å². The number of benzene rings is 2. The molecule has 0 saturated heterocycles. The van der Waals surface area contributed by atoms with Gasteiger partial charge in [0.2, 0.25) is 0 Å². The van der Waals surface area contributed by atoms with E-state index < -0.39 is 0 Å². The van der Waals surface area contributed by atoms with Gasteiger partial charge in [0, 0.05) is 22.2 Å². The maximum Gasteiger partial charge on any atom is 0.291 e. The van der Waals surface area contributed by atoms with Gasteiger partial charge in [0.25, 0.3) is 5.91 Å². The van der Waals surface area contributed by atoms with E-state index in [1.54, 1.807) is 42.6 Å². The van der Waals surface area contributed by atoms with Gasteiger partial charge in [0.05, 0.1) is 16.2 Å². The third kappa shape index (κ3) is 3.17. The molecule has 2 aromatic heterocycles. The number of nitrogens with one attached hydrogen (secondary N) is 1. The second kappa shape index (κ2) is 6.83. The Balaban J connectivity index is 1.63. The molecule has 0 radical (unpaired) electrons. The fourth-order valence-electron chi connectivity index (χ4n) is 2.68. The molecular formula is C20H12Cl2N2O2. The largest absolute Gasteiger partial charge is 0.451 e. The summed E-state index contributed by atoms with van der Waals surface area (Å²) in [4.78, 5) is 16.9. The minimum absolute atomic E-state index is 0.170. The van der Waals surface area contributed by atoms with Crippen LogP contribution in [-0.2, 0) is 0 Å². The highest BCUT2D eigenvalue weighted by Gasteiger charge is 2.15. The molecule has 1 amide bonds. The van der Waals surface area contributed by atoms with Crippen molar-refractivity contribution in [2.24, 2.45) is 0 Å². The lowest BCUT2D eigenvalue weighted by Gasteiger charge is -2.06. The zero-order chi connectivity index (χ0) is 18.1. The molecule has 4 nitrogen and oxygen atoms in total. The van der Waals surface area contributed by atoms with E-state index in [0.29, 0.717) is 32.6 Å². The first kappa shape index (κ1) is 16.6. The second-order valence-electron chi connectivity index (χ2n) is 5.62. The summed E-state index contributed by atoms with van der Waals surface area (Å²) >= 11 is 12.2. The van der Waals surface area contributed by atoms with E-state index in [1.807, 2.05) is 24.3 Å². The molecule has 0 atom stereocenters. The molecule has 0 fully saturated rings. The molecule has 4 aromatic rings. The second-order valence-corrected chi connectivity index (χ2v) is 6.47. The van der Waals surface area contributed by atoms with Crippen molar-refractivity contribution in [3.8, 4) is 11.3 Å². The average molecular weight is 383 g/mol. The van der Waals surface area contributed by atoms with Gasteiger partial charge in [-0.25, -0.2) is 0 Å². The monoisotopic (exact) mass is 382 g/mol. The first-order valence-corrected chi connectivity index (χ1v) is 8.58. The summed E-state index contributed by atoms with van der Waals surface area (Å²) in [6.07, 6.45) is 1.68. The Hall–Kier alpha value is -2.82. The fraction of sp³-hybridized carbons (Fsp3) is 0. The number of carbonyl (C=O) groups excluding carboxylic acids is 1. The number of aromatic nitrogens is 1. The van der Waals surface area contributed by atoms with E-state index in [2.05, 4.69) is 10.3 Å². The molecule has 1 N–H and O–H groups in total. The molecule has 2 aromatic carbocycles. The molecule has 0 aliphatic rings. The molecule has 4 rings (SSSR count). The van der Waals surface area contributed by atoms with Gasteiger partial charge in [-0.1, -0.05) is 41.4 Å². The van der Waals surface area contributed by atoms with Crippen molar-refractivity contribution < 1.29 is 9.21 Å². The van der Waals surface area contributed by atoms with Gasteiger partial charge in [-0.15, -0.1) is 0 Å². The van der Waals surface area contributed by atoms with Crippen molar-refractivity contribution >= 4 is 45.7 Å². The molecule has 0 saturated carbocycles. The molecule has 0 unspecified atom stereocenters. The van der Waals surface area contributed by atoms with Crippen LogP contribution in [0.5, 0.6) is 0 Å². The van der Waals surface area contributed by atoms with Crippen LogP contribution in [0.15, 0.2) is 71.3 Å². The molecule has 128 valence electrons. The quantitative estimate of drug-likeness (QED) is 0.468. The molecule has 0 spiro atoms. The summed E-state index contributed by atoms with van der Waals surface area (Å²) in [7, 11) is 0. The Morgan fingerprint density at radius 3 is 2.73 bits per heavy atom. The highest BCUT2D eigenvalue weighted by molar-refractivity contribution is 6.35. The fourth-order valence-corrected chi connectivity index (χ4v) is 3.06. The van der Waals surface area contributed by atoms with E-state index in [9.17, 15) is 4.79 Å². The summed E-state index contributed by atoms with van der Waals surface area (Å²) in [6.45, 7) is 0. The summed E-state index contributed by atoms with van der Waals surface area (Å²) in [5, 5.41) is 4.81. The third-order valence-corrected chi connectivity index (χ3v) is 4.47. The van der Waals surface area contributed by atoms with Crippen molar-refractivity contribution in [3.05, 3.63) is 82.7 Å². The van der Waals surface area contributed by atoms with Gasteiger partial charge in [0.1, 0.15) is 5.76 Å². The van der Waals surface area contributed by atoms with Crippen molar-refractivity contribution in [1.29, 1.82) is 0 Å². The lowest BCUT2D eigenvalue weighted by molar-refractivity contribution is 0.0997. The van der Waals surface area contributed by atoms with Crippen molar-refractivity contribution in [1.82, 2.24) is 4.98 Å². The van der Waals surface area contributed by atoms with Crippen molar-refractivity contribution in [2.75, 3.05) is 5.32 Å². The Bertz CT molecular complexity index is 1120. The van der Waals surface area contributed by atoms with Gasteiger partial charge >= 0.3 is 0 Å². The maximum absolute atomic E-state index is 12.6. The third-order valence-electron chi connectivity index (χ3n) is 3.90. The smallest absolute Gasteiger partial charge is 0.291 e. The summed E-state index contributed by atoms with van der Waals surface area (Å²) in [5.74, 6) is 0.273. The van der Waals surface area contributed by atoms with Crippen LogP contribution in [0.3, 0.4) is 0 Å². The van der Waals surface area contributed by atoms with Crippen LogP contribution < -0.4 is 5.32 Å². The Morgan fingerprint density at radius 2 is 1.85 bits per heavy atom. The number of amides is 1. The zero-order valence-corrected chi connectivity index (χ0v) is 14.9. The highest BCUT2D eigenvalue weighted by Crippen LogP contribution is 2.32. The van der Waals surface area contributed by atoms with Crippen LogP contribution >= 0.6 is 23.2 Å². The molecule has 2 heterocycles. The minimum atomic E-state index is -0.368. The number of para-hydroxylation sites is 1. The van der Waals surface area contributed by atoms with Gasteiger partial charge in [-0.3, -0.25) is 9.78 Å². The Morgan fingerprint density at radius 1 is 1.00 bits per heavy atom. The zero-order valence-electron chi connectivity index (χ0n) is 13.4. The number of hydrogen-bond donors (Lipinski definition) is 1. The number of anilines is 1. The summed E-state index contributed by atoms with van der Waals surface area (Å²) < 4.78 is 5.68. The number of rotatable bonds is 3. The average Bonchev–Trinajstić information content (AvgIpc) is 3.14. The number of carbonyl (C=O) groups is 1. The van der Waals surface area contributed by atoms with Crippen LogP contribution in [0.4, 0.5) is 5.69 Å². The molecule has 0 bridgehead atoms. The number of nitrogens with zero attached hydrogens (tertiary/aromatic N) is 1. The normalized spacial score (nSPS) is 10.8. The van der Waals surface area contributed by atoms with Crippen LogP contribution in [-0.4, -0.2) is 10.9 Å². The predicted molar refractivity (Wildman–Crippen MR) is 104 cm³/mol. The first-order valence-electron chi connectivity index (χ1n) is 7.82. The number of furan rings is 1. The molecular weight excluding hydrogens is 371 g/mol. The van der Waals surface area contributed by atoms with E-state index in [-0.39, 0.29) is 11.7 Å². The van der Waals surface area contributed by atoms with Crippen LogP contribution in [0, 0.1) is 0 Å². The van der Waals surface area contributed by atoms with E-state index in [4.69, 9.17) is 27.6 Å². The highest BCUT2D eigenvalue weighted by atomic mass is 35.5. The summed E-state index contributed by atoms with van der Waals surface area (Å²) in [6, 6.07) is 17.7. The van der Waals surface area contributed by atoms with Gasteiger partial charge < -0.3 is 9.73 Å². The Labute approximate surface area is 159 Å². The standard InChI is InChI=1S/C20H12Cl2N2O2/c21-13-6-7-15(22)14(11-13)17-8-9-18(26-17)20(25)24-16-5-1-3-12-4-2-10-23-19(12)16/h1-11H,(H,24,25). The predicted octanol–water partition coefficient (Wildman–Crippen LogP) is 6.05. The molecule has 0 aliphatic heterocycles. The lowest BCUT2D eigenvalue weighted by Crippen LogP contribution is -2.11. The SMILES string of the molecule is O=C(Nc1cccc2cccnc12)c1ccc(-c2cc(Cl)ccc2Cl)o1. The van der Waals surface area contributed by atoms with Crippen LogP contribution in [0.2, 0.25) is 10.0 Å². The number of halogens is 2. The van der Waals surface area contributed by atoms with Gasteiger partial charge in [0.15, 0.2) is 5.76 Å². The number of pyridine rings is 1. The maximum atomic E-state index is 12.6. The van der Waals surface area contributed by atoms with Gasteiger partial charge in [-0.05, 0) is 42.5 Å². The molecule has 6 heteroatoms. The minimum Gasteiger partial charge on any atom is -0.451 e. The summed E-state index contributed by atoms with van der Waals surface area (Å²) in [5.41, 5.74) is 1.96. The van der Waals surface area contributed by atoms with E-state index >= 15 is 0 Å². The number of fused-ring (bicyclic) bond motifs is 1. The topological polar surface area (TPSA) is 55.1 Å². The molecule has 0 aliphatic carbocycles. The lowest BCUT2D eigenvalue weighted by atomic mass is 10.2. The number of hydrogen-bond acceptors (Lipinski definition) is 3. The molecule has 26 heavy (non-hydrogen) atoms.